The molecule has 0 bridgehead atoms. The highest BCUT2D eigenvalue weighted by Gasteiger charge is 2.29. The first kappa shape index (κ1) is 18.0. The zero-order valence-electron chi connectivity index (χ0n) is 16.3. The summed E-state index contributed by atoms with van der Waals surface area (Å²) in [6.45, 7) is 2.82. The Kier molecular flexibility index (Phi) is 4.81. The summed E-state index contributed by atoms with van der Waals surface area (Å²) < 4.78 is 22.2. The molecule has 3 aromatic rings. The van der Waals surface area contributed by atoms with Crippen LogP contribution in [0, 0.1) is 0 Å². The third-order valence-electron chi connectivity index (χ3n) is 5.45. The average Bonchev–Trinajstić information content (AvgIpc) is 3.43. The smallest absolute Gasteiger partial charge is 0.241 e. The van der Waals surface area contributed by atoms with Gasteiger partial charge in [-0.05, 0) is 49.2 Å². The summed E-state index contributed by atoms with van der Waals surface area (Å²) in [5.74, 6) is 3.62. The van der Waals surface area contributed by atoms with Crippen molar-refractivity contribution in [1.29, 1.82) is 0 Å². The number of likely N-dealkylation sites (tertiary alicyclic amines) is 1. The second-order valence-electron chi connectivity index (χ2n) is 7.28. The van der Waals surface area contributed by atoms with Crippen LogP contribution < -0.4 is 14.2 Å². The number of hydrogen-bond acceptors (Lipinski definition) is 7. The summed E-state index contributed by atoms with van der Waals surface area (Å²) in [6.07, 6.45) is 2.23. The number of aromatic nitrogens is 2. The summed E-state index contributed by atoms with van der Waals surface area (Å²) in [6, 6.07) is 14.2. The number of ether oxygens (including phenoxy) is 3. The van der Waals surface area contributed by atoms with Crippen LogP contribution in [0.4, 0.5) is 0 Å². The molecule has 1 atom stereocenters. The van der Waals surface area contributed by atoms with E-state index in [4.69, 9.17) is 18.7 Å². The van der Waals surface area contributed by atoms with Gasteiger partial charge >= 0.3 is 0 Å². The topological polar surface area (TPSA) is 69.9 Å². The molecule has 7 heteroatoms. The van der Waals surface area contributed by atoms with Gasteiger partial charge in [0.05, 0.1) is 13.7 Å². The molecule has 0 aliphatic carbocycles. The van der Waals surface area contributed by atoms with E-state index in [1.165, 1.54) is 5.56 Å². The maximum absolute atomic E-state index is 5.75. The van der Waals surface area contributed by atoms with Crippen LogP contribution in [0.2, 0.25) is 0 Å². The van der Waals surface area contributed by atoms with E-state index in [2.05, 4.69) is 27.2 Å². The molecule has 0 amide bonds. The third kappa shape index (κ3) is 3.65. The Morgan fingerprint density at radius 1 is 1.10 bits per heavy atom. The number of methoxy groups -OCH3 is 1. The normalized spacial score (nSPS) is 18.7. The standard InChI is InChI=1S/C22H23N3O4/c1-26-17-5-2-4-16(12-17)22-23-21(29-24-22)14-25-9-3-6-18(25)15-7-8-19-20(13-15)28-11-10-27-19/h2,4-5,7-8,12-13,18H,3,6,9-11,14H2,1H3/t18-/m1/s1. The van der Waals surface area contributed by atoms with Crippen LogP contribution in [0.5, 0.6) is 17.2 Å². The van der Waals surface area contributed by atoms with E-state index < -0.39 is 0 Å². The molecule has 1 fully saturated rings. The second-order valence-corrected chi connectivity index (χ2v) is 7.28. The minimum atomic E-state index is 0.304. The van der Waals surface area contributed by atoms with Crippen LogP contribution in [0.15, 0.2) is 47.0 Å². The minimum absolute atomic E-state index is 0.304. The Bertz CT molecular complexity index is 1000. The molecule has 29 heavy (non-hydrogen) atoms. The van der Waals surface area contributed by atoms with Gasteiger partial charge in [0.1, 0.15) is 19.0 Å². The van der Waals surface area contributed by atoms with Gasteiger partial charge in [-0.25, -0.2) is 0 Å². The lowest BCUT2D eigenvalue weighted by Crippen LogP contribution is -2.23. The molecule has 2 aliphatic heterocycles. The summed E-state index contributed by atoms with van der Waals surface area (Å²) in [5.41, 5.74) is 2.11. The Morgan fingerprint density at radius 3 is 2.90 bits per heavy atom. The van der Waals surface area contributed by atoms with Crippen LogP contribution in [-0.4, -0.2) is 41.9 Å². The fraction of sp³-hybridized carbons (Fsp3) is 0.364. The van der Waals surface area contributed by atoms with E-state index in [1.54, 1.807) is 7.11 Å². The minimum Gasteiger partial charge on any atom is -0.497 e. The monoisotopic (exact) mass is 393 g/mol. The molecule has 3 heterocycles. The van der Waals surface area contributed by atoms with Gasteiger partial charge in [-0.2, -0.15) is 4.98 Å². The molecule has 0 N–H and O–H groups in total. The molecule has 0 radical (unpaired) electrons. The van der Waals surface area contributed by atoms with Crippen molar-refractivity contribution in [2.75, 3.05) is 26.9 Å². The molecule has 7 nitrogen and oxygen atoms in total. The first-order chi connectivity index (χ1) is 14.3. The van der Waals surface area contributed by atoms with E-state index >= 15 is 0 Å². The zero-order chi connectivity index (χ0) is 19.6. The van der Waals surface area contributed by atoms with Gasteiger partial charge in [0.25, 0.3) is 0 Å². The zero-order valence-corrected chi connectivity index (χ0v) is 16.3. The predicted molar refractivity (Wildman–Crippen MR) is 106 cm³/mol. The van der Waals surface area contributed by atoms with Crippen molar-refractivity contribution in [3.05, 3.63) is 53.9 Å². The third-order valence-corrected chi connectivity index (χ3v) is 5.45. The number of benzene rings is 2. The first-order valence-electron chi connectivity index (χ1n) is 9.91. The summed E-state index contributed by atoms with van der Waals surface area (Å²) in [5, 5.41) is 4.15. The summed E-state index contributed by atoms with van der Waals surface area (Å²) >= 11 is 0. The maximum atomic E-state index is 5.75. The average molecular weight is 393 g/mol. The van der Waals surface area contributed by atoms with Crippen molar-refractivity contribution in [1.82, 2.24) is 15.0 Å². The largest absolute Gasteiger partial charge is 0.497 e. The molecular weight excluding hydrogens is 370 g/mol. The lowest BCUT2D eigenvalue weighted by atomic mass is 10.0. The van der Waals surface area contributed by atoms with E-state index in [9.17, 15) is 0 Å². The van der Waals surface area contributed by atoms with Gasteiger partial charge in [-0.3, -0.25) is 4.90 Å². The van der Waals surface area contributed by atoms with Crippen LogP contribution in [-0.2, 0) is 6.54 Å². The fourth-order valence-corrected chi connectivity index (χ4v) is 4.03. The molecule has 2 aliphatic rings. The van der Waals surface area contributed by atoms with Crippen LogP contribution >= 0.6 is 0 Å². The molecule has 5 rings (SSSR count). The number of hydrogen-bond donors (Lipinski definition) is 0. The maximum Gasteiger partial charge on any atom is 0.241 e. The highest BCUT2D eigenvalue weighted by Crippen LogP contribution is 2.38. The van der Waals surface area contributed by atoms with Crippen molar-refractivity contribution in [3.63, 3.8) is 0 Å². The molecule has 1 aromatic heterocycles. The summed E-state index contributed by atoms with van der Waals surface area (Å²) in [4.78, 5) is 6.98. The van der Waals surface area contributed by atoms with Gasteiger partial charge in [-0.1, -0.05) is 23.4 Å². The van der Waals surface area contributed by atoms with Crippen molar-refractivity contribution in [2.24, 2.45) is 0 Å². The Balaban J connectivity index is 1.33. The predicted octanol–water partition coefficient (Wildman–Crippen LogP) is 3.85. The van der Waals surface area contributed by atoms with Gasteiger partial charge < -0.3 is 18.7 Å². The Hall–Kier alpha value is -3.06. The van der Waals surface area contributed by atoms with Gasteiger partial charge in [0.2, 0.25) is 11.7 Å². The molecule has 1 saturated heterocycles. The van der Waals surface area contributed by atoms with Crippen LogP contribution in [0.25, 0.3) is 11.4 Å². The van der Waals surface area contributed by atoms with Gasteiger partial charge in [0, 0.05) is 11.6 Å². The highest BCUT2D eigenvalue weighted by atomic mass is 16.6. The van der Waals surface area contributed by atoms with E-state index in [-0.39, 0.29) is 0 Å². The molecule has 0 spiro atoms. The quantitative estimate of drug-likeness (QED) is 0.652. The first-order valence-corrected chi connectivity index (χ1v) is 9.91. The highest BCUT2D eigenvalue weighted by molar-refractivity contribution is 5.56. The molecule has 150 valence electrons. The van der Waals surface area contributed by atoms with E-state index in [0.29, 0.717) is 37.5 Å². The molecule has 2 aromatic carbocycles. The Morgan fingerprint density at radius 2 is 2.00 bits per heavy atom. The fourth-order valence-electron chi connectivity index (χ4n) is 4.03. The van der Waals surface area contributed by atoms with E-state index in [0.717, 1.165) is 42.2 Å². The van der Waals surface area contributed by atoms with Crippen LogP contribution in [0.1, 0.15) is 30.3 Å². The van der Waals surface area contributed by atoms with Crippen LogP contribution in [0.3, 0.4) is 0 Å². The SMILES string of the molecule is COc1cccc(-c2noc(CN3CCC[C@@H]3c3ccc4c(c3)OCCO4)n2)c1. The van der Waals surface area contributed by atoms with E-state index in [1.807, 2.05) is 30.3 Å². The van der Waals surface area contributed by atoms with Gasteiger partial charge in [0.15, 0.2) is 11.5 Å². The van der Waals surface area contributed by atoms with Crippen molar-refractivity contribution >= 4 is 0 Å². The summed E-state index contributed by atoms with van der Waals surface area (Å²) in [7, 11) is 1.64. The van der Waals surface area contributed by atoms with Crippen molar-refractivity contribution in [2.45, 2.75) is 25.4 Å². The molecule has 0 unspecified atom stereocenters. The van der Waals surface area contributed by atoms with Gasteiger partial charge in [-0.15, -0.1) is 0 Å². The molecule has 0 saturated carbocycles. The lowest BCUT2D eigenvalue weighted by molar-refractivity contribution is 0.170. The number of rotatable bonds is 5. The molecular formula is C22H23N3O4. The number of nitrogens with zero attached hydrogens (tertiary/aromatic N) is 3. The second kappa shape index (κ2) is 7.75. The van der Waals surface area contributed by atoms with Crippen molar-refractivity contribution < 1.29 is 18.7 Å². The van der Waals surface area contributed by atoms with Crippen molar-refractivity contribution in [3.8, 4) is 28.6 Å². The number of fused-ring (bicyclic) bond motifs is 1. The lowest BCUT2D eigenvalue weighted by Gasteiger charge is -2.25. The Labute approximate surface area is 169 Å².